The summed E-state index contributed by atoms with van der Waals surface area (Å²) in [6.07, 6.45) is 3.41. The lowest BCUT2D eigenvalue weighted by Gasteiger charge is -2.35. The highest BCUT2D eigenvalue weighted by atomic mass is 16.5. The number of nitrogens with zero attached hydrogens (tertiary/aromatic N) is 2. The summed E-state index contributed by atoms with van der Waals surface area (Å²) in [6, 6.07) is 5.26. The second-order valence-electron chi connectivity index (χ2n) is 6.16. The SMILES string of the molecule is COc1ccc(C(=O)N2CCN(C(=O)c3cc[nH]c3)CC2)c(OC)c1C. The second-order valence-corrected chi connectivity index (χ2v) is 6.16. The van der Waals surface area contributed by atoms with Crippen LogP contribution >= 0.6 is 0 Å². The average molecular weight is 357 g/mol. The quantitative estimate of drug-likeness (QED) is 0.907. The lowest BCUT2D eigenvalue weighted by atomic mass is 10.1. The first-order valence-electron chi connectivity index (χ1n) is 8.49. The molecule has 0 aliphatic carbocycles. The number of piperazine rings is 1. The molecule has 0 spiro atoms. The summed E-state index contributed by atoms with van der Waals surface area (Å²) in [7, 11) is 3.13. The van der Waals surface area contributed by atoms with E-state index in [1.807, 2.05) is 6.92 Å². The molecule has 7 heteroatoms. The first-order valence-corrected chi connectivity index (χ1v) is 8.49. The predicted octanol–water partition coefficient (Wildman–Crippen LogP) is 1.94. The molecular weight excluding hydrogens is 334 g/mol. The van der Waals surface area contributed by atoms with E-state index < -0.39 is 0 Å². The zero-order valence-corrected chi connectivity index (χ0v) is 15.2. The highest BCUT2D eigenvalue weighted by Crippen LogP contribution is 2.32. The Balaban J connectivity index is 1.71. The maximum Gasteiger partial charge on any atom is 0.257 e. The standard InChI is InChI=1S/C19H23N3O4/c1-13-16(25-2)5-4-15(17(13)26-3)19(24)22-10-8-21(9-11-22)18(23)14-6-7-20-12-14/h4-7,12,20H,8-11H2,1-3H3. The van der Waals surface area contributed by atoms with E-state index in [9.17, 15) is 9.59 Å². The van der Waals surface area contributed by atoms with E-state index in [1.54, 1.807) is 54.6 Å². The van der Waals surface area contributed by atoms with Crippen LogP contribution < -0.4 is 9.47 Å². The van der Waals surface area contributed by atoms with Crippen LogP contribution in [0.3, 0.4) is 0 Å². The number of nitrogens with one attached hydrogen (secondary N) is 1. The van der Waals surface area contributed by atoms with Gasteiger partial charge in [-0.25, -0.2) is 0 Å². The highest BCUT2D eigenvalue weighted by Gasteiger charge is 2.28. The summed E-state index contributed by atoms with van der Waals surface area (Å²) in [5, 5.41) is 0. The lowest BCUT2D eigenvalue weighted by Crippen LogP contribution is -2.50. The topological polar surface area (TPSA) is 74.9 Å². The molecule has 2 heterocycles. The van der Waals surface area contributed by atoms with Crippen LogP contribution in [-0.4, -0.2) is 67.0 Å². The van der Waals surface area contributed by atoms with Crippen molar-refractivity contribution >= 4 is 11.8 Å². The van der Waals surface area contributed by atoms with E-state index in [0.717, 1.165) is 5.56 Å². The molecule has 7 nitrogen and oxygen atoms in total. The van der Waals surface area contributed by atoms with Gasteiger partial charge < -0.3 is 24.3 Å². The zero-order chi connectivity index (χ0) is 18.7. The monoisotopic (exact) mass is 357 g/mol. The number of rotatable bonds is 4. The third-order valence-corrected chi connectivity index (χ3v) is 4.71. The van der Waals surface area contributed by atoms with Gasteiger partial charge >= 0.3 is 0 Å². The van der Waals surface area contributed by atoms with Crippen LogP contribution in [0.4, 0.5) is 0 Å². The van der Waals surface area contributed by atoms with Crippen LogP contribution in [0, 0.1) is 6.92 Å². The number of H-pyrrole nitrogens is 1. The highest BCUT2D eigenvalue weighted by molar-refractivity contribution is 5.98. The molecule has 0 radical (unpaired) electrons. The number of amides is 2. The molecular formula is C19H23N3O4. The van der Waals surface area contributed by atoms with Gasteiger partial charge in [0.25, 0.3) is 11.8 Å². The molecule has 0 unspecified atom stereocenters. The number of hydrogen-bond acceptors (Lipinski definition) is 4. The number of carbonyl (C=O) groups excluding carboxylic acids is 2. The Morgan fingerprint density at radius 1 is 0.962 bits per heavy atom. The molecule has 1 N–H and O–H groups in total. The summed E-state index contributed by atoms with van der Waals surface area (Å²) in [5.74, 6) is 1.10. The van der Waals surface area contributed by atoms with Gasteiger partial charge in [0.15, 0.2) is 0 Å². The molecule has 1 aromatic carbocycles. The molecule has 1 fully saturated rings. The van der Waals surface area contributed by atoms with E-state index in [1.165, 1.54) is 0 Å². The van der Waals surface area contributed by atoms with E-state index in [4.69, 9.17) is 9.47 Å². The van der Waals surface area contributed by atoms with E-state index in [0.29, 0.717) is 48.8 Å². The Labute approximate surface area is 152 Å². The van der Waals surface area contributed by atoms with Crippen LogP contribution in [0.1, 0.15) is 26.3 Å². The molecule has 0 saturated carbocycles. The van der Waals surface area contributed by atoms with Crippen molar-refractivity contribution in [3.63, 3.8) is 0 Å². The first-order chi connectivity index (χ1) is 12.6. The molecule has 1 aliphatic rings. The molecule has 0 atom stereocenters. The van der Waals surface area contributed by atoms with Crippen molar-refractivity contribution in [2.24, 2.45) is 0 Å². The van der Waals surface area contributed by atoms with Crippen molar-refractivity contribution in [1.82, 2.24) is 14.8 Å². The molecule has 2 aromatic rings. The van der Waals surface area contributed by atoms with Gasteiger partial charge in [-0.2, -0.15) is 0 Å². The van der Waals surface area contributed by atoms with Gasteiger partial charge in [0.2, 0.25) is 0 Å². The normalized spacial score (nSPS) is 14.3. The zero-order valence-electron chi connectivity index (χ0n) is 15.2. The minimum Gasteiger partial charge on any atom is -0.496 e. The Morgan fingerprint density at radius 2 is 1.62 bits per heavy atom. The fraction of sp³-hybridized carbons (Fsp3) is 0.368. The number of aromatic amines is 1. The lowest BCUT2D eigenvalue weighted by molar-refractivity contribution is 0.0533. The maximum atomic E-state index is 12.9. The first kappa shape index (κ1) is 17.8. The van der Waals surface area contributed by atoms with E-state index in [2.05, 4.69) is 4.98 Å². The van der Waals surface area contributed by atoms with Gasteiger partial charge in [-0.3, -0.25) is 9.59 Å². The molecule has 0 bridgehead atoms. The van der Waals surface area contributed by atoms with Gasteiger partial charge in [0.05, 0.1) is 25.3 Å². The third-order valence-electron chi connectivity index (χ3n) is 4.71. The van der Waals surface area contributed by atoms with Gasteiger partial charge in [0.1, 0.15) is 11.5 Å². The molecule has 26 heavy (non-hydrogen) atoms. The van der Waals surface area contributed by atoms with E-state index in [-0.39, 0.29) is 11.8 Å². The predicted molar refractivity (Wildman–Crippen MR) is 96.9 cm³/mol. The Morgan fingerprint density at radius 3 is 2.15 bits per heavy atom. The minimum absolute atomic E-state index is 0.0174. The van der Waals surface area contributed by atoms with Gasteiger partial charge in [-0.15, -0.1) is 0 Å². The van der Waals surface area contributed by atoms with Crippen molar-refractivity contribution in [2.45, 2.75) is 6.92 Å². The average Bonchev–Trinajstić information content (AvgIpc) is 3.21. The number of carbonyl (C=O) groups is 2. The third kappa shape index (κ3) is 3.24. The van der Waals surface area contributed by atoms with Gasteiger partial charge in [-0.05, 0) is 25.1 Å². The summed E-state index contributed by atoms with van der Waals surface area (Å²) >= 11 is 0. The van der Waals surface area contributed by atoms with Crippen molar-refractivity contribution in [1.29, 1.82) is 0 Å². The number of benzene rings is 1. The molecule has 1 aromatic heterocycles. The van der Waals surface area contributed by atoms with Crippen LogP contribution in [0.5, 0.6) is 11.5 Å². The summed E-state index contributed by atoms with van der Waals surface area (Å²) < 4.78 is 10.7. The van der Waals surface area contributed by atoms with Gasteiger partial charge in [-0.1, -0.05) is 0 Å². The minimum atomic E-state index is -0.0960. The van der Waals surface area contributed by atoms with Crippen LogP contribution in [-0.2, 0) is 0 Å². The van der Waals surface area contributed by atoms with Crippen LogP contribution in [0.15, 0.2) is 30.6 Å². The fourth-order valence-corrected chi connectivity index (χ4v) is 3.25. The molecule has 1 aliphatic heterocycles. The van der Waals surface area contributed by atoms with Crippen molar-refractivity contribution in [3.8, 4) is 11.5 Å². The Kier molecular flexibility index (Phi) is 5.16. The van der Waals surface area contributed by atoms with E-state index >= 15 is 0 Å². The maximum absolute atomic E-state index is 12.9. The van der Waals surface area contributed by atoms with Crippen LogP contribution in [0.25, 0.3) is 0 Å². The van der Waals surface area contributed by atoms with Gasteiger partial charge in [0, 0.05) is 44.1 Å². The number of aromatic nitrogens is 1. The number of ether oxygens (including phenoxy) is 2. The van der Waals surface area contributed by atoms with Crippen LogP contribution in [0.2, 0.25) is 0 Å². The molecule has 2 amide bonds. The second kappa shape index (κ2) is 7.51. The molecule has 1 saturated heterocycles. The number of hydrogen-bond donors (Lipinski definition) is 1. The fourth-order valence-electron chi connectivity index (χ4n) is 3.25. The number of methoxy groups -OCH3 is 2. The largest absolute Gasteiger partial charge is 0.496 e. The summed E-state index contributed by atoms with van der Waals surface area (Å²) in [6.45, 7) is 3.86. The van der Waals surface area contributed by atoms with Crippen molar-refractivity contribution in [3.05, 3.63) is 47.3 Å². The van der Waals surface area contributed by atoms with Crippen molar-refractivity contribution in [2.75, 3.05) is 40.4 Å². The molecule has 3 rings (SSSR count). The summed E-state index contributed by atoms with van der Waals surface area (Å²) in [4.78, 5) is 31.7. The summed E-state index contributed by atoms with van der Waals surface area (Å²) in [5.41, 5.74) is 1.94. The smallest absolute Gasteiger partial charge is 0.257 e. The Hall–Kier alpha value is -2.96. The Bertz CT molecular complexity index is 793. The molecule has 138 valence electrons. The van der Waals surface area contributed by atoms with Crippen molar-refractivity contribution < 1.29 is 19.1 Å².